The Labute approximate surface area is 275 Å². The molecule has 0 radical (unpaired) electrons. The van der Waals surface area contributed by atoms with Crippen LogP contribution in [0.3, 0.4) is 0 Å². The first-order valence-corrected chi connectivity index (χ1v) is 17.0. The molecular formula is C35H37Cl2N3O4S. The van der Waals surface area contributed by atoms with Crippen LogP contribution >= 0.6 is 23.2 Å². The summed E-state index contributed by atoms with van der Waals surface area (Å²) < 4.78 is 29.3. The fourth-order valence-electron chi connectivity index (χ4n) is 4.87. The molecule has 236 valence electrons. The van der Waals surface area contributed by atoms with E-state index in [1.165, 1.54) is 23.1 Å². The quantitative estimate of drug-likeness (QED) is 0.146. The van der Waals surface area contributed by atoms with E-state index in [4.69, 9.17) is 23.2 Å². The van der Waals surface area contributed by atoms with Crippen LogP contribution in [0, 0.1) is 6.92 Å². The summed E-state index contributed by atoms with van der Waals surface area (Å²) in [6, 6.07) is 28.3. The van der Waals surface area contributed by atoms with Crippen LogP contribution in [0.15, 0.2) is 108 Å². The number of hydrogen-bond donors (Lipinski definition) is 1. The van der Waals surface area contributed by atoms with Gasteiger partial charge in [-0.3, -0.25) is 13.9 Å². The van der Waals surface area contributed by atoms with Gasteiger partial charge in [-0.1, -0.05) is 109 Å². The van der Waals surface area contributed by atoms with Crippen molar-refractivity contribution in [3.05, 3.63) is 130 Å². The number of nitrogens with one attached hydrogen (secondary N) is 1. The summed E-state index contributed by atoms with van der Waals surface area (Å²) in [6.45, 7) is 3.75. The van der Waals surface area contributed by atoms with Crippen molar-refractivity contribution in [1.29, 1.82) is 0 Å². The first-order chi connectivity index (χ1) is 21.6. The Morgan fingerprint density at radius 1 is 0.867 bits per heavy atom. The maximum absolute atomic E-state index is 14.5. The molecule has 0 aliphatic heterocycles. The summed E-state index contributed by atoms with van der Waals surface area (Å²) in [4.78, 5) is 29.7. The predicted molar refractivity (Wildman–Crippen MR) is 181 cm³/mol. The van der Waals surface area contributed by atoms with Crippen LogP contribution in [0.5, 0.6) is 0 Å². The molecule has 4 aromatic rings. The van der Waals surface area contributed by atoms with Gasteiger partial charge >= 0.3 is 0 Å². The summed E-state index contributed by atoms with van der Waals surface area (Å²) >= 11 is 12.8. The second-order valence-corrected chi connectivity index (χ2v) is 13.5. The van der Waals surface area contributed by atoms with Gasteiger partial charge in [-0.05, 0) is 60.9 Å². The molecule has 0 fully saturated rings. The molecule has 0 unspecified atom stereocenters. The molecule has 0 spiro atoms. The number of amides is 2. The number of anilines is 1. The Bertz CT molecular complexity index is 1700. The molecule has 4 aromatic carbocycles. The van der Waals surface area contributed by atoms with Crippen molar-refractivity contribution in [1.82, 2.24) is 10.2 Å². The average molecular weight is 667 g/mol. The monoisotopic (exact) mass is 665 g/mol. The Morgan fingerprint density at radius 2 is 1.56 bits per heavy atom. The molecule has 1 atom stereocenters. The molecule has 4 rings (SSSR count). The fourth-order valence-corrected chi connectivity index (χ4v) is 6.65. The van der Waals surface area contributed by atoms with Crippen molar-refractivity contribution < 1.29 is 18.0 Å². The third-order valence-corrected chi connectivity index (χ3v) is 9.78. The van der Waals surface area contributed by atoms with Crippen molar-refractivity contribution in [2.24, 2.45) is 0 Å². The molecule has 0 saturated carbocycles. The van der Waals surface area contributed by atoms with Gasteiger partial charge < -0.3 is 10.2 Å². The number of sulfonamides is 1. The van der Waals surface area contributed by atoms with E-state index >= 15 is 0 Å². The first-order valence-electron chi connectivity index (χ1n) is 14.8. The molecule has 45 heavy (non-hydrogen) atoms. The SMILES string of the molecule is CCCCNC(=O)[C@@H](Cc1ccccc1)N(Cc1ccccc1Cl)C(=O)CN(c1cccc(Cl)c1)S(=O)(=O)c1ccc(C)cc1. The maximum Gasteiger partial charge on any atom is 0.264 e. The number of benzene rings is 4. The topological polar surface area (TPSA) is 86.8 Å². The van der Waals surface area contributed by atoms with E-state index in [1.54, 1.807) is 54.6 Å². The zero-order valence-electron chi connectivity index (χ0n) is 25.3. The highest BCUT2D eigenvalue weighted by Crippen LogP contribution is 2.28. The van der Waals surface area contributed by atoms with Gasteiger partial charge in [0, 0.05) is 29.6 Å². The van der Waals surface area contributed by atoms with Gasteiger partial charge in [-0.25, -0.2) is 8.42 Å². The summed E-state index contributed by atoms with van der Waals surface area (Å²) in [5, 5.41) is 3.72. The van der Waals surface area contributed by atoms with Crippen LogP contribution in [-0.2, 0) is 32.6 Å². The Balaban J connectivity index is 1.80. The third kappa shape index (κ3) is 9.10. The molecule has 0 aliphatic rings. The van der Waals surface area contributed by atoms with E-state index in [9.17, 15) is 18.0 Å². The zero-order valence-corrected chi connectivity index (χ0v) is 27.7. The van der Waals surface area contributed by atoms with Crippen molar-refractivity contribution >= 4 is 50.7 Å². The number of rotatable bonds is 14. The predicted octanol–water partition coefficient (Wildman–Crippen LogP) is 7.05. The molecule has 0 bridgehead atoms. The van der Waals surface area contributed by atoms with E-state index < -0.39 is 28.5 Å². The van der Waals surface area contributed by atoms with E-state index in [0.717, 1.165) is 28.3 Å². The number of unbranched alkanes of at least 4 members (excludes halogenated alkanes) is 1. The molecule has 0 saturated heterocycles. The lowest BCUT2D eigenvalue weighted by molar-refractivity contribution is -0.140. The highest BCUT2D eigenvalue weighted by atomic mass is 35.5. The molecule has 7 nitrogen and oxygen atoms in total. The normalized spacial score (nSPS) is 11.9. The van der Waals surface area contributed by atoms with Crippen molar-refractivity contribution in [2.75, 3.05) is 17.4 Å². The fraction of sp³-hybridized carbons (Fsp3) is 0.257. The van der Waals surface area contributed by atoms with Gasteiger partial charge in [0.15, 0.2) is 0 Å². The lowest BCUT2D eigenvalue weighted by Gasteiger charge is -2.34. The van der Waals surface area contributed by atoms with Gasteiger partial charge in [0.1, 0.15) is 12.6 Å². The molecule has 10 heteroatoms. The lowest BCUT2D eigenvalue weighted by Crippen LogP contribution is -2.53. The Morgan fingerprint density at radius 3 is 2.22 bits per heavy atom. The first kappa shape index (κ1) is 34.0. The lowest BCUT2D eigenvalue weighted by atomic mass is 10.0. The maximum atomic E-state index is 14.5. The van der Waals surface area contributed by atoms with Crippen LogP contribution in [0.4, 0.5) is 5.69 Å². The highest BCUT2D eigenvalue weighted by Gasteiger charge is 2.35. The van der Waals surface area contributed by atoms with Crippen LogP contribution in [-0.4, -0.2) is 44.3 Å². The van der Waals surface area contributed by atoms with Gasteiger partial charge in [0.25, 0.3) is 10.0 Å². The number of hydrogen-bond acceptors (Lipinski definition) is 4. The number of carbonyl (C=O) groups excluding carboxylic acids is 2. The largest absolute Gasteiger partial charge is 0.354 e. The van der Waals surface area contributed by atoms with E-state index in [0.29, 0.717) is 22.2 Å². The molecule has 1 N–H and O–H groups in total. The van der Waals surface area contributed by atoms with Crippen LogP contribution < -0.4 is 9.62 Å². The minimum atomic E-state index is -4.22. The van der Waals surface area contributed by atoms with Crippen LogP contribution in [0.1, 0.15) is 36.5 Å². The van der Waals surface area contributed by atoms with Gasteiger partial charge in [-0.15, -0.1) is 0 Å². The van der Waals surface area contributed by atoms with E-state index in [2.05, 4.69) is 5.32 Å². The molecule has 0 heterocycles. The number of carbonyl (C=O) groups is 2. The molecule has 0 aromatic heterocycles. The number of aryl methyl sites for hydroxylation is 1. The summed E-state index contributed by atoms with van der Waals surface area (Å²) in [5.41, 5.74) is 2.59. The molecule has 2 amide bonds. The van der Waals surface area contributed by atoms with E-state index in [-0.39, 0.29) is 29.5 Å². The zero-order chi connectivity index (χ0) is 32.4. The summed E-state index contributed by atoms with van der Waals surface area (Å²) in [6.07, 6.45) is 1.88. The Kier molecular flexibility index (Phi) is 12.0. The highest BCUT2D eigenvalue weighted by molar-refractivity contribution is 7.92. The van der Waals surface area contributed by atoms with Crippen molar-refractivity contribution in [2.45, 2.75) is 50.6 Å². The minimum Gasteiger partial charge on any atom is -0.354 e. The summed E-state index contributed by atoms with van der Waals surface area (Å²) in [5.74, 6) is -0.902. The van der Waals surface area contributed by atoms with Gasteiger partial charge in [-0.2, -0.15) is 0 Å². The van der Waals surface area contributed by atoms with Crippen molar-refractivity contribution in [3.63, 3.8) is 0 Å². The van der Waals surface area contributed by atoms with E-state index in [1.807, 2.05) is 44.2 Å². The Hall–Kier alpha value is -3.85. The number of nitrogens with zero attached hydrogens (tertiary/aromatic N) is 2. The summed E-state index contributed by atoms with van der Waals surface area (Å²) in [7, 11) is -4.22. The second-order valence-electron chi connectivity index (χ2n) is 10.8. The smallest absolute Gasteiger partial charge is 0.264 e. The molecular weight excluding hydrogens is 629 g/mol. The average Bonchev–Trinajstić information content (AvgIpc) is 3.03. The minimum absolute atomic E-state index is 0.00876. The van der Waals surface area contributed by atoms with Gasteiger partial charge in [0.2, 0.25) is 11.8 Å². The van der Waals surface area contributed by atoms with Gasteiger partial charge in [0.05, 0.1) is 10.6 Å². The number of halogens is 2. The second kappa shape index (κ2) is 15.9. The van der Waals surface area contributed by atoms with Crippen LogP contribution in [0.2, 0.25) is 10.0 Å². The van der Waals surface area contributed by atoms with Crippen LogP contribution in [0.25, 0.3) is 0 Å². The third-order valence-electron chi connectivity index (χ3n) is 7.38. The molecule has 0 aliphatic carbocycles. The standard InChI is InChI=1S/C35H37Cl2N3O4S/c1-3-4-21-38-35(42)33(22-27-11-6-5-7-12-27)39(24-28-13-8-9-16-32(28)37)34(41)25-40(30-15-10-14-29(36)23-30)45(43,44)31-19-17-26(2)18-20-31/h5-20,23,33H,3-4,21-22,24-25H2,1-2H3,(H,38,42)/t33-/m1/s1. The van der Waals surface area contributed by atoms with Crippen molar-refractivity contribution in [3.8, 4) is 0 Å².